The Morgan fingerprint density at radius 2 is 2.06 bits per heavy atom. The molecule has 18 heavy (non-hydrogen) atoms. The molecule has 0 fully saturated rings. The molecule has 0 saturated heterocycles. The molecule has 3 aromatic heterocycles. The highest BCUT2D eigenvalue weighted by Gasteiger charge is 2.08. The van der Waals surface area contributed by atoms with Crippen molar-refractivity contribution < 1.29 is 0 Å². The number of hydrogen-bond donors (Lipinski definition) is 2. The van der Waals surface area contributed by atoms with Gasteiger partial charge in [-0.05, 0) is 12.1 Å². The molecular weight excluding hydrogens is 228 g/mol. The van der Waals surface area contributed by atoms with Gasteiger partial charge in [-0.1, -0.05) is 0 Å². The van der Waals surface area contributed by atoms with Gasteiger partial charge in [0.2, 0.25) is 0 Å². The van der Waals surface area contributed by atoms with Gasteiger partial charge in [0.15, 0.2) is 5.82 Å². The molecule has 0 radical (unpaired) electrons. The Morgan fingerprint density at radius 3 is 2.94 bits per heavy atom. The minimum absolute atomic E-state index is 0.713. The number of aromatic amines is 2. The topological polar surface area (TPSA) is 83.1 Å². The van der Waals surface area contributed by atoms with Crippen LogP contribution >= 0.6 is 0 Å². The van der Waals surface area contributed by atoms with Crippen molar-refractivity contribution >= 4 is 21.9 Å². The molecule has 0 aliphatic carbocycles. The van der Waals surface area contributed by atoms with Crippen LogP contribution in [-0.2, 0) is 0 Å². The van der Waals surface area contributed by atoms with Gasteiger partial charge in [0.1, 0.15) is 11.2 Å². The molecule has 0 aliphatic heterocycles. The van der Waals surface area contributed by atoms with E-state index in [1.807, 2.05) is 12.1 Å². The summed E-state index contributed by atoms with van der Waals surface area (Å²) in [5, 5.41) is 7.92. The SMILES string of the molecule is c1c[nH]c(-c2cnc3ccc4[nH]ncc4c3n2)n1. The molecule has 0 amide bonds. The van der Waals surface area contributed by atoms with E-state index in [1.54, 1.807) is 24.8 Å². The van der Waals surface area contributed by atoms with Crippen LogP contribution in [0.3, 0.4) is 0 Å². The fraction of sp³-hybridized carbons (Fsp3) is 0. The van der Waals surface area contributed by atoms with E-state index in [9.17, 15) is 0 Å². The highest BCUT2D eigenvalue weighted by molar-refractivity contribution is 6.02. The van der Waals surface area contributed by atoms with Crippen LogP contribution in [0.5, 0.6) is 0 Å². The van der Waals surface area contributed by atoms with E-state index in [1.165, 1.54) is 0 Å². The minimum Gasteiger partial charge on any atom is -0.343 e. The van der Waals surface area contributed by atoms with E-state index in [0.717, 1.165) is 27.6 Å². The summed E-state index contributed by atoms with van der Waals surface area (Å²) in [7, 11) is 0. The third kappa shape index (κ3) is 1.22. The van der Waals surface area contributed by atoms with Gasteiger partial charge in [0, 0.05) is 17.8 Å². The second kappa shape index (κ2) is 3.36. The number of fused-ring (bicyclic) bond motifs is 3. The molecule has 0 aliphatic rings. The number of benzene rings is 1. The van der Waals surface area contributed by atoms with E-state index in [2.05, 4.69) is 30.1 Å². The standard InChI is InChI=1S/C12H8N6/c1-2-9-11(7-5-16-18-8(1)7)17-10(6-15-9)12-13-3-4-14-12/h1-6H,(H,13,14)(H,16,18). The van der Waals surface area contributed by atoms with Gasteiger partial charge in [-0.2, -0.15) is 5.10 Å². The van der Waals surface area contributed by atoms with E-state index in [0.29, 0.717) is 5.82 Å². The summed E-state index contributed by atoms with van der Waals surface area (Å²) in [6.45, 7) is 0. The first kappa shape index (κ1) is 9.29. The van der Waals surface area contributed by atoms with Gasteiger partial charge in [-0.3, -0.25) is 10.1 Å². The molecule has 0 saturated carbocycles. The Hall–Kier alpha value is -2.76. The monoisotopic (exact) mass is 236 g/mol. The van der Waals surface area contributed by atoms with Crippen molar-refractivity contribution in [1.82, 2.24) is 30.1 Å². The first-order valence-electron chi connectivity index (χ1n) is 5.50. The highest BCUT2D eigenvalue weighted by atomic mass is 15.1. The molecule has 0 atom stereocenters. The minimum atomic E-state index is 0.713. The van der Waals surface area contributed by atoms with Gasteiger partial charge >= 0.3 is 0 Å². The quantitative estimate of drug-likeness (QED) is 0.528. The Balaban J connectivity index is 2.08. The van der Waals surface area contributed by atoms with Gasteiger partial charge in [0.25, 0.3) is 0 Å². The Morgan fingerprint density at radius 1 is 1.06 bits per heavy atom. The average Bonchev–Trinajstić information content (AvgIpc) is 3.09. The van der Waals surface area contributed by atoms with Crippen molar-refractivity contribution in [2.45, 2.75) is 0 Å². The molecule has 6 heteroatoms. The number of H-pyrrole nitrogens is 2. The predicted molar refractivity (Wildman–Crippen MR) is 66.8 cm³/mol. The van der Waals surface area contributed by atoms with Crippen LogP contribution < -0.4 is 0 Å². The first-order chi connectivity index (χ1) is 8.92. The molecule has 4 aromatic rings. The molecule has 0 unspecified atom stereocenters. The lowest BCUT2D eigenvalue weighted by atomic mass is 10.2. The van der Waals surface area contributed by atoms with Crippen molar-refractivity contribution in [2.24, 2.45) is 0 Å². The van der Waals surface area contributed by atoms with Gasteiger partial charge in [0.05, 0.1) is 23.4 Å². The maximum absolute atomic E-state index is 4.60. The molecule has 3 heterocycles. The average molecular weight is 236 g/mol. The van der Waals surface area contributed by atoms with Crippen LogP contribution in [0.1, 0.15) is 0 Å². The lowest BCUT2D eigenvalue weighted by molar-refractivity contribution is 1.12. The van der Waals surface area contributed by atoms with Crippen LogP contribution in [0.15, 0.2) is 36.9 Å². The molecule has 4 rings (SSSR count). The van der Waals surface area contributed by atoms with E-state index in [-0.39, 0.29) is 0 Å². The number of hydrogen-bond acceptors (Lipinski definition) is 4. The molecule has 0 spiro atoms. The van der Waals surface area contributed by atoms with Crippen molar-refractivity contribution in [3.63, 3.8) is 0 Å². The summed E-state index contributed by atoms with van der Waals surface area (Å²) >= 11 is 0. The maximum atomic E-state index is 4.60. The number of nitrogens with one attached hydrogen (secondary N) is 2. The Bertz CT molecular complexity index is 830. The number of nitrogens with zero attached hydrogens (tertiary/aromatic N) is 4. The Kier molecular flexibility index (Phi) is 1.74. The van der Waals surface area contributed by atoms with Crippen LogP contribution in [0.4, 0.5) is 0 Å². The Labute approximate surface area is 101 Å². The van der Waals surface area contributed by atoms with Crippen molar-refractivity contribution in [3.8, 4) is 11.5 Å². The zero-order valence-electron chi connectivity index (χ0n) is 9.25. The second-order valence-corrected chi connectivity index (χ2v) is 3.96. The summed E-state index contributed by atoms with van der Waals surface area (Å²) in [5.74, 6) is 0.713. The molecule has 6 nitrogen and oxygen atoms in total. The van der Waals surface area contributed by atoms with E-state index < -0.39 is 0 Å². The first-order valence-corrected chi connectivity index (χ1v) is 5.50. The summed E-state index contributed by atoms with van der Waals surface area (Å²) in [6, 6.07) is 3.88. The van der Waals surface area contributed by atoms with Crippen LogP contribution in [0, 0.1) is 0 Å². The smallest absolute Gasteiger partial charge is 0.157 e. The normalized spacial score (nSPS) is 11.3. The third-order valence-corrected chi connectivity index (χ3v) is 2.87. The van der Waals surface area contributed by atoms with E-state index in [4.69, 9.17) is 0 Å². The zero-order valence-corrected chi connectivity index (χ0v) is 9.25. The third-order valence-electron chi connectivity index (χ3n) is 2.87. The predicted octanol–water partition coefficient (Wildman–Crippen LogP) is 1.90. The maximum Gasteiger partial charge on any atom is 0.157 e. The molecule has 2 N–H and O–H groups in total. The second-order valence-electron chi connectivity index (χ2n) is 3.96. The summed E-state index contributed by atoms with van der Waals surface area (Å²) in [4.78, 5) is 16.2. The summed E-state index contributed by atoms with van der Waals surface area (Å²) in [5.41, 5.74) is 3.35. The van der Waals surface area contributed by atoms with Crippen molar-refractivity contribution in [3.05, 3.63) is 36.9 Å². The number of aromatic nitrogens is 6. The lowest BCUT2D eigenvalue weighted by Crippen LogP contribution is -1.90. The molecule has 86 valence electrons. The molecule has 0 bridgehead atoms. The van der Waals surface area contributed by atoms with Crippen LogP contribution in [-0.4, -0.2) is 30.1 Å². The highest BCUT2D eigenvalue weighted by Crippen LogP contribution is 2.22. The summed E-state index contributed by atoms with van der Waals surface area (Å²) in [6.07, 6.45) is 6.94. The number of imidazole rings is 1. The van der Waals surface area contributed by atoms with E-state index >= 15 is 0 Å². The molecule has 1 aromatic carbocycles. The van der Waals surface area contributed by atoms with Crippen LogP contribution in [0.25, 0.3) is 33.5 Å². The van der Waals surface area contributed by atoms with Crippen molar-refractivity contribution in [2.75, 3.05) is 0 Å². The van der Waals surface area contributed by atoms with Gasteiger partial charge < -0.3 is 4.98 Å². The van der Waals surface area contributed by atoms with Crippen LogP contribution in [0.2, 0.25) is 0 Å². The zero-order chi connectivity index (χ0) is 11.9. The number of rotatable bonds is 1. The fourth-order valence-electron chi connectivity index (χ4n) is 2.01. The summed E-state index contributed by atoms with van der Waals surface area (Å²) < 4.78 is 0. The van der Waals surface area contributed by atoms with Gasteiger partial charge in [-0.15, -0.1) is 0 Å². The lowest BCUT2D eigenvalue weighted by Gasteiger charge is -2.00. The fourth-order valence-corrected chi connectivity index (χ4v) is 2.01. The molecular formula is C12H8N6. The van der Waals surface area contributed by atoms with Crippen molar-refractivity contribution in [1.29, 1.82) is 0 Å². The largest absolute Gasteiger partial charge is 0.343 e. The van der Waals surface area contributed by atoms with Gasteiger partial charge in [-0.25, -0.2) is 9.97 Å².